The molecule has 0 atom stereocenters. The number of anilines is 5. The molecule has 0 bridgehead atoms. The summed E-state index contributed by atoms with van der Waals surface area (Å²) < 4.78 is 1.04. The van der Waals surface area contributed by atoms with E-state index in [1.54, 1.807) is 19.1 Å². The van der Waals surface area contributed by atoms with E-state index in [4.69, 9.17) is 5.73 Å². The number of nitrogen functional groups attached to an aromatic ring is 1. The highest BCUT2D eigenvalue weighted by atomic mass is 32.1. The maximum absolute atomic E-state index is 11.7. The minimum absolute atomic E-state index is 0.0505. The second-order valence-electron chi connectivity index (χ2n) is 11.1. The SMILES string of the molecule is Cc1nn(-c2nc(Nc3cc(C(=O)O)cc(C(=O)O)c3)nc(Nc3cc(C(=O)O)cc(C(=O)O)c3)n2)c(N)c1N=Nc1nnc(-c2cccc(C(=O)O)c2)s1. The number of nitrogens with two attached hydrogens (primary N) is 1. The predicted molar refractivity (Wildman–Crippen MR) is 190 cm³/mol. The van der Waals surface area contributed by atoms with Crippen molar-refractivity contribution in [2.24, 2.45) is 10.2 Å². The molecule has 23 heteroatoms. The highest BCUT2D eigenvalue weighted by Crippen LogP contribution is 2.33. The van der Waals surface area contributed by atoms with E-state index in [0.717, 1.165) is 52.4 Å². The van der Waals surface area contributed by atoms with Gasteiger partial charge in [-0.1, -0.05) is 23.5 Å². The largest absolute Gasteiger partial charge is 0.478 e. The van der Waals surface area contributed by atoms with E-state index in [1.165, 1.54) is 12.1 Å². The molecule has 0 saturated carbocycles. The lowest BCUT2D eigenvalue weighted by molar-refractivity contribution is 0.0676. The minimum atomic E-state index is -1.42. The van der Waals surface area contributed by atoms with E-state index in [0.29, 0.717) is 10.6 Å². The normalized spacial score (nSPS) is 11.0. The Morgan fingerprint density at radius 2 is 1.18 bits per heavy atom. The zero-order valence-electron chi connectivity index (χ0n) is 27.6. The monoisotopic (exact) mass is 766 g/mol. The van der Waals surface area contributed by atoms with Gasteiger partial charge < -0.3 is 41.9 Å². The molecule has 55 heavy (non-hydrogen) atoms. The number of carboxylic acids is 5. The van der Waals surface area contributed by atoms with Crippen LogP contribution in [0.15, 0.2) is 70.9 Å². The molecule has 3 aromatic heterocycles. The van der Waals surface area contributed by atoms with Gasteiger partial charge in [0.25, 0.3) is 11.1 Å². The summed E-state index contributed by atoms with van der Waals surface area (Å²) in [4.78, 5) is 71.1. The Bertz CT molecular complexity index is 2440. The minimum Gasteiger partial charge on any atom is -0.478 e. The zero-order valence-corrected chi connectivity index (χ0v) is 28.4. The Hall–Kier alpha value is -8.21. The van der Waals surface area contributed by atoms with Gasteiger partial charge in [-0.25, -0.2) is 24.0 Å². The number of benzene rings is 3. The number of aromatic carboxylic acids is 5. The van der Waals surface area contributed by atoms with Crippen LogP contribution < -0.4 is 16.4 Å². The molecule has 0 aliphatic rings. The number of carboxylic acid groups (broad SMARTS) is 5. The molecule has 0 aliphatic heterocycles. The van der Waals surface area contributed by atoms with Gasteiger partial charge in [-0.2, -0.15) is 24.7 Å². The molecular formula is C32H22N12O10S. The number of aryl methyl sites for hydroxylation is 1. The van der Waals surface area contributed by atoms with Crippen molar-refractivity contribution in [3.8, 4) is 16.5 Å². The molecular weight excluding hydrogens is 744 g/mol. The van der Waals surface area contributed by atoms with Crippen LogP contribution in [0, 0.1) is 6.92 Å². The quantitative estimate of drug-likeness (QED) is 0.0727. The summed E-state index contributed by atoms with van der Waals surface area (Å²) >= 11 is 1.02. The molecule has 0 spiro atoms. The van der Waals surface area contributed by atoms with Gasteiger partial charge in [-0.05, 0) is 55.5 Å². The third kappa shape index (κ3) is 8.15. The van der Waals surface area contributed by atoms with Gasteiger partial charge >= 0.3 is 29.8 Å². The number of hydrogen-bond acceptors (Lipinski definition) is 17. The van der Waals surface area contributed by atoms with Crippen molar-refractivity contribution in [3.05, 3.63) is 94.2 Å². The van der Waals surface area contributed by atoms with Crippen molar-refractivity contribution in [2.45, 2.75) is 6.92 Å². The number of nitrogens with zero attached hydrogens (tertiary/aromatic N) is 9. The summed E-state index contributed by atoms with van der Waals surface area (Å²) in [6.45, 7) is 1.54. The lowest BCUT2D eigenvalue weighted by Crippen LogP contribution is -2.13. The van der Waals surface area contributed by atoms with Crippen LogP contribution in [0.2, 0.25) is 0 Å². The van der Waals surface area contributed by atoms with Gasteiger partial charge in [-0.15, -0.1) is 20.4 Å². The first kappa shape index (κ1) is 36.6. The van der Waals surface area contributed by atoms with Crippen LogP contribution in [0.3, 0.4) is 0 Å². The number of azo groups is 1. The highest BCUT2D eigenvalue weighted by molar-refractivity contribution is 7.18. The van der Waals surface area contributed by atoms with Gasteiger partial charge in [0.15, 0.2) is 11.5 Å². The van der Waals surface area contributed by atoms with Crippen LogP contribution in [-0.2, 0) is 0 Å². The van der Waals surface area contributed by atoms with E-state index in [9.17, 15) is 49.5 Å². The van der Waals surface area contributed by atoms with Crippen LogP contribution in [0.25, 0.3) is 16.5 Å². The average Bonchev–Trinajstić information content (AvgIpc) is 3.73. The molecule has 0 saturated heterocycles. The average molecular weight is 767 g/mol. The first-order valence-corrected chi connectivity index (χ1v) is 15.9. The summed E-state index contributed by atoms with van der Waals surface area (Å²) in [5.74, 6) is -7.87. The molecule has 0 radical (unpaired) electrons. The Morgan fingerprint density at radius 1 is 0.673 bits per heavy atom. The highest BCUT2D eigenvalue weighted by Gasteiger charge is 2.20. The van der Waals surface area contributed by atoms with E-state index < -0.39 is 29.8 Å². The molecule has 3 heterocycles. The molecule has 6 rings (SSSR count). The molecule has 6 aromatic rings. The first-order chi connectivity index (χ1) is 26.1. The molecule has 0 aliphatic carbocycles. The van der Waals surface area contributed by atoms with Crippen molar-refractivity contribution in [2.75, 3.05) is 16.4 Å². The van der Waals surface area contributed by atoms with E-state index in [1.807, 2.05) is 0 Å². The summed E-state index contributed by atoms with van der Waals surface area (Å²) in [6.07, 6.45) is 0. The Kier molecular flexibility index (Phi) is 9.84. The fourth-order valence-electron chi connectivity index (χ4n) is 4.79. The first-order valence-electron chi connectivity index (χ1n) is 15.1. The van der Waals surface area contributed by atoms with Gasteiger partial charge in [0.1, 0.15) is 5.01 Å². The van der Waals surface area contributed by atoms with Crippen LogP contribution in [0.1, 0.15) is 57.5 Å². The standard InChI is InChI=1S/C32H22N12O10S/c1-12-21(39-41-32-42-40-23(55-32)13-3-2-4-14(5-13)24(45)46)22(33)44(43-12)31-37-29(34-19-8-15(25(47)48)6-16(9-19)26(49)50)36-30(38-31)35-20-10-17(27(51)52)7-18(11-20)28(53)54/h2-11H,33H2,1H3,(H,45,46)(H,47,48)(H,49,50)(H,51,52)(H,53,54)(H2,34,35,36,37,38). The van der Waals surface area contributed by atoms with Crippen molar-refractivity contribution in [1.29, 1.82) is 0 Å². The zero-order chi connectivity index (χ0) is 39.6. The Labute approximate surface area is 309 Å². The number of hydrogen-bond donors (Lipinski definition) is 8. The van der Waals surface area contributed by atoms with Crippen molar-refractivity contribution in [3.63, 3.8) is 0 Å². The molecule has 0 amide bonds. The Morgan fingerprint density at radius 3 is 1.67 bits per heavy atom. The van der Waals surface area contributed by atoms with Gasteiger partial charge in [-0.3, -0.25) is 0 Å². The van der Waals surface area contributed by atoms with E-state index in [2.05, 4.69) is 51.1 Å². The van der Waals surface area contributed by atoms with Crippen molar-refractivity contribution in [1.82, 2.24) is 34.9 Å². The maximum atomic E-state index is 11.7. The van der Waals surface area contributed by atoms with Gasteiger partial charge in [0.2, 0.25) is 11.9 Å². The molecule has 9 N–H and O–H groups in total. The van der Waals surface area contributed by atoms with Crippen molar-refractivity contribution < 1.29 is 49.5 Å². The van der Waals surface area contributed by atoms with Crippen LogP contribution in [0.5, 0.6) is 0 Å². The summed E-state index contributed by atoms with van der Waals surface area (Å²) in [5, 5.41) is 74.0. The summed E-state index contributed by atoms with van der Waals surface area (Å²) in [7, 11) is 0. The molecule has 3 aromatic carbocycles. The summed E-state index contributed by atoms with van der Waals surface area (Å²) in [6, 6.07) is 12.4. The number of carbonyl (C=O) groups is 5. The third-order valence-electron chi connectivity index (χ3n) is 7.25. The molecule has 22 nitrogen and oxygen atoms in total. The van der Waals surface area contributed by atoms with E-state index in [-0.39, 0.29) is 79.4 Å². The fraction of sp³-hybridized carbons (Fsp3) is 0.0312. The Balaban J connectivity index is 1.39. The summed E-state index contributed by atoms with van der Waals surface area (Å²) in [5.41, 5.74) is 5.62. The van der Waals surface area contributed by atoms with Gasteiger partial charge in [0.05, 0.1) is 33.5 Å². The predicted octanol–water partition coefficient (Wildman–Crippen LogP) is 4.86. The van der Waals surface area contributed by atoms with Crippen molar-refractivity contribution >= 4 is 81.1 Å². The molecule has 0 unspecified atom stereocenters. The van der Waals surface area contributed by atoms with E-state index >= 15 is 0 Å². The fourth-order valence-corrected chi connectivity index (χ4v) is 5.45. The molecule has 0 fully saturated rings. The van der Waals surface area contributed by atoms with Crippen LogP contribution in [0.4, 0.5) is 39.9 Å². The smallest absolute Gasteiger partial charge is 0.335 e. The second-order valence-corrected chi connectivity index (χ2v) is 12.0. The molecule has 276 valence electrons. The lowest BCUT2D eigenvalue weighted by Gasteiger charge is -2.12. The second kappa shape index (κ2) is 14.8. The van der Waals surface area contributed by atoms with Gasteiger partial charge in [0, 0.05) is 16.9 Å². The van der Waals surface area contributed by atoms with Crippen LogP contribution in [-0.4, -0.2) is 90.3 Å². The van der Waals surface area contributed by atoms with Crippen LogP contribution >= 0.6 is 11.3 Å². The number of nitrogens with one attached hydrogen (secondary N) is 2. The lowest BCUT2D eigenvalue weighted by atomic mass is 10.1. The third-order valence-corrected chi connectivity index (χ3v) is 8.11. The topological polar surface area (TPSA) is 344 Å². The number of rotatable bonds is 13. The number of aromatic nitrogens is 7. The maximum Gasteiger partial charge on any atom is 0.335 e.